The number of hydrogen-bond acceptors (Lipinski definition) is 9. The van der Waals surface area contributed by atoms with Crippen LogP contribution in [0.15, 0.2) is 126 Å². The van der Waals surface area contributed by atoms with Gasteiger partial charge in [0.2, 0.25) is 27.6 Å². The topological polar surface area (TPSA) is 155 Å². The predicted molar refractivity (Wildman–Crippen MR) is 206 cm³/mol. The number of hydrogen-bond donors (Lipinski definition) is 3. The first-order chi connectivity index (χ1) is 26.9. The summed E-state index contributed by atoms with van der Waals surface area (Å²) in [6.45, 7) is -0.995. The summed E-state index contributed by atoms with van der Waals surface area (Å²) in [6.07, 6.45) is -0.376. The van der Waals surface area contributed by atoms with Gasteiger partial charge >= 0.3 is 6.09 Å². The lowest BCUT2D eigenvalue weighted by Crippen LogP contribution is -2.50. The Kier molecular flexibility index (Phi) is 12.7. The number of amides is 2. The number of halogens is 2. The molecule has 3 N–H and O–H groups in total. The van der Waals surface area contributed by atoms with Crippen LogP contribution in [-0.4, -0.2) is 72.8 Å². The van der Waals surface area contributed by atoms with Crippen LogP contribution in [0.25, 0.3) is 0 Å². The van der Waals surface area contributed by atoms with Gasteiger partial charge in [0, 0.05) is 46.8 Å². The second kappa shape index (κ2) is 17.6. The lowest BCUT2D eigenvalue weighted by molar-refractivity contribution is -0.123. The Morgan fingerprint density at radius 3 is 2.18 bits per heavy atom. The molecular formula is C41H40F2N4O7S2. The van der Waals surface area contributed by atoms with Crippen LogP contribution in [-0.2, 0) is 26.1 Å². The molecule has 15 heteroatoms. The molecule has 0 bridgehead atoms. The van der Waals surface area contributed by atoms with E-state index < -0.39 is 77.1 Å². The number of carbonyl (C=O) groups excluding carboxylic acids is 3. The number of rotatable bonds is 16. The highest BCUT2D eigenvalue weighted by Gasteiger charge is 2.48. The van der Waals surface area contributed by atoms with Gasteiger partial charge in [-0.05, 0) is 53.4 Å². The molecule has 0 saturated heterocycles. The van der Waals surface area contributed by atoms with Gasteiger partial charge in [0.15, 0.2) is 0 Å². The summed E-state index contributed by atoms with van der Waals surface area (Å²) in [7, 11) is -3.27. The first kappa shape index (κ1) is 40.3. The van der Waals surface area contributed by atoms with Crippen LogP contribution in [0.3, 0.4) is 0 Å². The molecule has 0 aliphatic heterocycles. The average Bonchev–Trinajstić information content (AvgIpc) is 3.68. The third kappa shape index (κ3) is 9.36. The molecule has 292 valence electrons. The van der Waals surface area contributed by atoms with Crippen molar-refractivity contribution >= 4 is 39.1 Å². The quantitative estimate of drug-likeness (QED) is 0.0981. The Morgan fingerprint density at radius 1 is 0.929 bits per heavy atom. The number of ketones is 1. The zero-order chi connectivity index (χ0) is 39.9. The van der Waals surface area contributed by atoms with Crippen molar-refractivity contribution in [2.75, 3.05) is 20.3 Å². The number of aliphatic hydroxyl groups is 1. The highest BCUT2D eigenvalue weighted by Crippen LogP contribution is 2.45. The molecule has 1 fully saturated rings. The van der Waals surface area contributed by atoms with Crippen molar-refractivity contribution in [1.82, 2.24) is 19.9 Å². The number of aliphatic hydroxyl groups excluding tert-OH is 1. The van der Waals surface area contributed by atoms with Crippen molar-refractivity contribution < 1.29 is 41.4 Å². The van der Waals surface area contributed by atoms with Gasteiger partial charge in [0.1, 0.15) is 11.7 Å². The fourth-order valence-corrected chi connectivity index (χ4v) is 9.64. The molecule has 0 spiro atoms. The molecule has 56 heavy (non-hydrogen) atoms. The normalized spacial score (nSPS) is 15.1. The predicted octanol–water partition coefficient (Wildman–Crippen LogP) is 6.32. The molecule has 2 heterocycles. The number of pyridine rings is 1. The first-order valence-corrected chi connectivity index (χ1v) is 20.0. The minimum Gasteiger partial charge on any atom is -0.453 e. The van der Waals surface area contributed by atoms with Crippen LogP contribution >= 0.6 is 11.3 Å². The molecule has 5 aromatic rings. The lowest BCUT2D eigenvalue weighted by Gasteiger charge is -2.39. The maximum absolute atomic E-state index is 14.4. The molecule has 11 nitrogen and oxygen atoms in total. The molecular weight excluding hydrogens is 763 g/mol. The Bertz CT molecular complexity index is 2200. The third-order valence-corrected chi connectivity index (χ3v) is 12.6. The molecule has 1 unspecified atom stereocenters. The maximum atomic E-state index is 14.4. The molecule has 1 aliphatic rings. The minimum absolute atomic E-state index is 0.0173. The number of alkyl halides is 2. The van der Waals surface area contributed by atoms with Gasteiger partial charge in [-0.25, -0.2) is 22.0 Å². The van der Waals surface area contributed by atoms with Gasteiger partial charge in [-0.1, -0.05) is 78.9 Å². The van der Waals surface area contributed by atoms with Crippen LogP contribution < -0.4 is 10.6 Å². The highest BCUT2D eigenvalue weighted by molar-refractivity contribution is 7.89. The van der Waals surface area contributed by atoms with Crippen LogP contribution in [0.2, 0.25) is 0 Å². The zero-order valence-corrected chi connectivity index (χ0v) is 31.9. The monoisotopic (exact) mass is 802 g/mol. The SMILES string of the molecule is COC(=O)N[C@H](C(=O)NCc1ccc(C(CO)N(CC2CC(F)(F)C2)S(=O)(=O)c2cccc(C(=O)c3ccccn3)c2)s1)C(c1ccccc1)c1ccccc1. The zero-order valence-electron chi connectivity index (χ0n) is 30.3. The van der Waals surface area contributed by atoms with Gasteiger partial charge in [-0.15, -0.1) is 11.3 Å². The number of sulfonamides is 1. The fourth-order valence-electron chi connectivity index (χ4n) is 6.80. The number of ether oxygens (including phenoxy) is 1. The van der Waals surface area contributed by atoms with E-state index >= 15 is 0 Å². The number of carbonyl (C=O) groups is 3. The molecule has 2 aromatic heterocycles. The first-order valence-electron chi connectivity index (χ1n) is 17.8. The molecule has 3 aromatic carbocycles. The van der Waals surface area contributed by atoms with Crippen molar-refractivity contribution in [2.45, 2.75) is 48.2 Å². The second-order valence-electron chi connectivity index (χ2n) is 13.4. The van der Waals surface area contributed by atoms with Crippen molar-refractivity contribution in [1.29, 1.82) is 0 Å². The Labute approximate surface area is 327 Å². The van der Waals surface area contributed by atoms with Crippen LogP contribution in [0.1, 0.15) is 61.7 Å². The van der Waals surface area contributed by atoms with E-state index in [1.54, 1.807) is 24.3 Å². The van der Waals surface area contributed by atoms with Crippen LogP contribution in [0.5, 0.6) is 0 Å². The summed E-state index contributed by atoms with van der Waals surface area (Å²) in [5.74, 6) is -5.20. The molecule has 1 saturated carbocycles. The number of benzene rings is 3. The number of thiophene rings is 1. The molecule has 6 rings (SSSR count). The lowest BCUT2D eigenvalue weighted by atomic mass is 9.81. The number of methoxy groups -OCH3 is 1. The summed E-state index contributed by atoms with van der Waals surface area (Å²) in [5.41, 5.74) is 1.73. The fraction of sp³-hybridized carbons (Fsp3) is 0.268. The second-order valence-corrected chi connectivity index (χ2v) is 16.5. The average molecular weight is 803 g/mol. The Balaban J connectivity index is 1.26. The molecule has 0 radical (unpaired) electrons. The summed E-state index contributed by atoms with van der Waals surface area (Å²) in [4.78, 5) is 44.4. The Hall–Kier alpha value is -5.35. The van der Waals surface area contributed by atoms with Crippen molar-refractivity contribution in [3.05, 3.63) is 154 Å². The number of alkyl carbamates (subject to hydrolysis) is 1. The summed E-state index contributed by atoms with van der Waals surface area (Å²) < 4.78 is 62.6. The van der Waals surface area contributed by atoms with E-state index in [1.807, 2.05) is 60.7 Å². The highest BCUT2D eigenvalue weighted by atomic mass is 32.2. The van der Waals surface area contributed by atoms with Gasteiger partial charge < -0.3 is 20.5 Å². The number of nitrogens with zero attached hydrogens (tertiary/aromatic N) is 2. The van der Waals surface area contributed by atoms with E-state index in [1.165, 1.54) is 43.6 Å². The van der Waals surface area contributed by atoms with Crippen LogP contribution in [0.4, 0.5) is 13.6 Å². The van der Waals surface area contributed by atoms with E-state index in [9.17, 15) is 36.7 Å². The van der Waals surface area contributed by atoms with E-state index in [4.69, 9.17) is 4.74 Å². The van der Waals surface area contributed by atoms with Gasteiger partial charge in [0.25, 0.3) is 0 Å². The van der Waals surface area contributed by atoms with Gasteiger partial charge in [-0.3, -0.25) is 14.6 Å². The van der Waals surface area contributed by atoms with E-state index in [0.717, 1.165) is 26.8 Å². The molecule has 2 amide bonds. The molecule has 2 atom stereocenters. The number of aromatic nitrogens is 1. The minimum atomic E-state index is -4.47. The van der Waals surface area contributed by atoms with E-state index in [-0.39, 0.29) is 29.2 Å². The van der Waals surface area contributed by atoms with E-state index in [2.05, 4.69) is 15.6 Å². The van der Waals surface area contributed by atoms with Gasteiger partial charge in [-0.2, -0.15) is 4.31 Å². The third-order valence-electron chi connectivity index (χ3n) is 9.57. The summed E-state index contributed by atoms with van der Waals surface area (Å²) in [5, 5.41) is 16.3. The van der Waals surface area contributed by atoms with Crippen LogP contribution in [0, 0.1) is 5.92 Å². The maximum Gasteiger partial charge on any atom is 0.407 e. The Morgan fingerprint density at radius 2 is 1.59 bits per heavy atom. The smallest absolute Gasteiger partial charge is 0.407 e. The number of nitrogens with one attached hydrogen (secondary N) is 2. The van der Waals surface area contributed by atoms with Crippen molar-refractivity contribution in [2.24, 2.45) is 5.92 Å². The summed E-state index contributed by atoms with van der Waals surface area (Å²) >= 11 is 1.13. The molecule has 1 aliphatic carbocycles. The largest absolute Gasteiger partial charge is 0.453 e. The standard InChI is InChI=1S/C41H40F2N4O7S2/c1-54-40(51)46-37(36(28-11-4-2-5-12-28)29-13-6-3-7-14-29)39(50)45-24-31-18-19-35(55-31)34(26-48)47(25-27-22-41(42,43)23-27)56(52,53)32-16-10-15-30(21-32)38(49)33-17-8-9-20-44-33/h2-21,27,34,36-37,48H,22-26H2,1H3,(H,45,50)(H,46,51)/t34?,37-/m0/s1. The van der Waals surface area contributed by atoms with Gasteiger partial charge in [0.05, 0.1) is 31.2 Å². The van der Waals surface area contributed by atoms with E-state index in [0.29, 0.717) is 9.75 Å². The summed E-state index contributed by atoms with van der Waals surface area (Å²) in [6, 6.07) is 29.7. The van der Waals surface area contributed by atoms with Crippen molar-refractivity contribution in [3.8, 4) is 0 Å². The van der Waals surface area contributed by atoms with Crippen molar-refractivity contribution in [3.63, 3.8) is 0 Å².